The van der Waals surface area contributed by atoms with Gasteiger partial charge in [0.2, 0.25) is 0 Å². The third-order valence-corrected chi connectivity index (χ3v) is 2.20. The van der Waals surface area contributed by atoms with Gasteiger partial charge in [-0.15, -0.1) is 0 Å². The molecule has 0 aliphatic carbocycles. The van der Waals surface area contributed by atoms with E-state index in [-0.39, 0.29) is 0 Å². The van der Waals surface area contributed by atoms with Gasteiger partial charge in [0.25, 0.3) is 0 Å². The van der Waals surface area contributed by atoms with Crippen LogP contribution >= 0.6 is 0 Å². The number of hydrogen-bond acceptors (Lipinski definition) is 3. The highest BCUT2D eigenvalue weighted by molar-refractivity contribution is 4.83. The van der Waals surface area contributed by atoms with E-state index in [1.165, 1.54) is 6.42 Å². The lowest BCUT2D eigenvalue weighted by molar-refractivity contribution is 0.0534. The highest BCUT2D eigenvalue weighted by Gasteiger charge is 2.23. The molecule has 2 unspecified atom stereocenters. The van der Waals surface area contributed by atoms with Crippen LogP contribution in [0.5, 0.6) is 0 Å². The minimum absolute atomic E-state index is 0.466. The Balaban J connectivity index is 1.96. The van der Waals surface area contributed by atoms with Crippen LogP contribution in [0.25, 0.3) is 0 Å². The van der Waals surface area contributed by atoms with Crippen LogP contribution in [0.3, 0.4) is 0 Å². The van der Waals surface area contributed by atoms with Crippen LogP contribution in [0, 0.1) is 0 Å². The molecule has 2 rings (SSSR count). The second kappa shape index (κ2) is 2.86. The molecule has 3 nitrogen and oxygen atoms in total. The van der Waals surface area contributed by atoms with Crippen LogP contribution in [-0.4, -0.2) is 38.4 Å². The summed E-state index contributed by atoms with van der Waals surface area (Å²) in [6, 6.07) is 0.654. The summed E-state index contributed by atoms with van der Waals surface area (Å²) in [6.07, 6.45) is 1.65. The van der Waals surface area contributed by atoms with Gasteiger partial charge in [0.05, 0.1) is 12.7 Å². The highest BCUT2D eigenvalue weighted by atomic mass is 16.5. The quantitative estimate of drug-likeness (QED) is 0.471. The Labute approximate surface area is 61.1 Å². The Morgan fingerprint density at radius 1 is 1.30 bits per heavy atom. The predicted octanol–water partition coefficient (Wildman–Crippen LogP) is -0.663. The number of rotatable bonds is 0. The van der Waals surface area contributed by atoms with E-state index < -0.39 is 0 Å². The van der Waals surface area contributed by atoms with Crippen molar-refractivity contribution in [3.63, 3.8) is 0 Å². The van der Waals surface area contributed by atoms with Crippen LogP contribution in [-0.2, 0) is 4.74 Å². The van der Waals surface area contributed by atoms with Crippen LogP contribution in [0.15, 0.2) is 0 Å². The molecule has 3 heteroatoms. The van der Waals surface area contributed by atoms with Crippen LogP contribution in [0.4, 0.5) is 0 Å². The summed E-state index contributed by atoms with van der Waals surface area (Å²) in [6.45, 7) is 4.05. The summed E-state index contributed by atoms with van der Waals surface area (Å²) >= 11 is 0. The minimum Gasteiger partial charge on any atom is -0.376 e. The van der Waals surface area contributed by atoms with Crippen molar-refractivity contribution in [3.8, 4) is 0 Å². The van der Waals surface area contributed by atoms with E-state index in [1.54, 1.807) is 0 Å². The number of fused-ring (bicyclic) bond motifs is 2. The lowest BCUT2D eigenvalue weighted by Crippen LogP contribution is -2.47. The van der Waals surface area contributed by atoms with Gasteiger partial charge in [0.15, 0.2) is 0 Å². The molecule has 2 aliphatic rings. The monoisotopic (exact) mass is 142 g/mol. The van der Waals surface area contributed by atoms with Gasteiger partial charge in [-0.05, 0) is 6.42 Å². The summed E-state index contributed by atoms with van der Waals surface area (Å²) in [5.41, 5.74) is 0. The summed E-state index contributed by atoms with van der Waals surface area (Å²) in [7, 11) is 0. The zero-order valence-corrected chi connectivity index (χ0v) is 6.10. The largest absolute Gasteiger partial charge is 0.376 e. The molecule has 0 aromatic rings. The van der Waals surface area contributed by atoms with Crippen LogP contribution in [0.2, 0.25) is 0 Å². The van der Waals surface area contributed by atoms with Crippen molar-refractivity contribution in [2.45, 2.75) is 18.6 Å². The molecule has 0 aromatic carbocycles. The van der Waals surface area contributed by atoms with Gasteiger partial charge in [0, 0.05) is 25.7 Å². The van der Waals surface area contributed by atoms with Crippen molar-refractivity contribution >= 4 is 0 Å². The molecule has 0 spiro atoms. The fourth-order valence-corrected chi connectivity index (χ4v) is 1.67. The molecule has 0 radical (unpaired) electrons. The molecule has 2 N–H and O–H groups in total. The third-order valence-electron chi connectivity index (χ3n) is 2.20. The molecule has 58 valence electrons. The first-order chi connectivity index (χ1) is 4.95. The van der Waals surface area contributed by atoms with Gasteiger partial charge < -0.3 is 15.4 Å². The number of nitrogens with one attached hydrogen (secondary N) is 2. The van der Waals surface area contributed by atoms with E-state index >= 15 is 0 Å². The first kappa shape index (κ1) is 6.58. The molecular weight excluding hydrogens is 128 g/mol. The first-order valence-corrected chi connectivity index (χ1v) is 4.01. The molecule has 2 bridgehead atoms. The summed E-state index contributed by atoms with van der Waals surface area (Å²) in [5.74, 6) is 0. The lowest BCUT2D eigenvalue weighted by atomic mass is 10.1. The Morgan fingerprint density at radius 3 is 3.30 bits per heavy atom. The van der Waals surface area contributed by atoms with E-state index in [0.29, 0.717) is 12.1 Å². The van der Waals surface area contributed by atoms with Crippen molar-refractivity contribution < 1.29 is 4.74 Å². The standard InChI is InChI=1S/C7H14N2O/c1-2-10-7-3-6(9-1)4-8-5-7/h6-9H,1-5H2. The molecule has 2 fully saturated rings. The van der Waals surface area contributed by atoms with E-state index in [4.69, 9.17) is 4.74 Å². The smallest absolute Gasteiger partial charge is 0.0715 e. The SMILES string of the molecule is C1COC2CNCC(C2)N1. The second-order valence-corrected chi connectivity index (χ2v) is 3.04. The Hall–Kier alpha value is -0.120. The summed E-state index contributed by atoms with van der Waals surface area (Å²) in [5, 5.41) is 6.76. The lowest BCUT2D eigenvalue weighted by Gasteiger charge is -2.26. The van der Waals surface area contributed by atoms with Gasteiger partial charge in [-0.3, -0.25) is 0 Å². The number of hydrogen-bond donors (Lipinski definition) is 2. The molecule has 0 aromatic heterocycles. The van der Waals surface area contributed by atoms with Crippen LogP contribution in [0.1, 0.15) is 6.42 Å². The molecule has 2 heterocycles. The Bertz CT molecular complexity index is 106. The second-order valence-electron chi connectivity index (χ2n) is 3.04. The molecular formula is C7H14N2O. The van der Waals surface area contributed by atoms with Gasteiger partial charge in [-0.1, -0.05) is 0 Å². The van der Waals surface area contributed by atoms with E-state index in [2.05, 4.69) is 10.6 Å². The Kier molecular flexibility index (Phi) is 1.88. The molecule has 0 saturated carbocycles. The maximum atomic E-state index is 5.55. The maximum Gasteiger partial charge on any atom is 0.0715 e. The molecule has 2 saturated heterocycles. The van der Waals surface area contributed by atoms with Crippen molar-refractivity contribution in [1.82, 2.24) is 10.6 Å². The van der Waals surface area contributed by atoms with Gasteiger partial charge in [-0.25, -0.2) is 0 Å². The highest BCUT2D eigenvalue weighted by Crippen LogP contribution is 2.09. The van der Waals surface area contributed by atoms with Crippen molar-refractivity contribution in [3.05, 3.63) is 0 Å². The molecule has 10 heavy (non-hydrogen) atoms. The molecule has 0 amide bonds. The first-order valence-electron chi connectivity index (χ1n) is 4.01. The number of ether oxygens (including phenoxy) is 1. The zero-order valence-electron chi connectivity index (χ0n) is 6.10. The van der Waals surface area contributed by atoms with Crippen molar-refractivity contribution in [2.24, 2.45) is 0 Å². The van der Waals surface area contributed by atoms with Crippen molar-refractivity contribution in [2.75, 3.05) is 26.2 Å². The predicted molar refractivity (Wildman–Crippen MR) is 39.0 cm³/mol. The van der Waals surface area contributed by atoms with E-state index in [9.17, 15) is 0 Å². The molecule has 2 aliphatic heterocycles. The van der Waals surface area contributed by atoms with Crippen LogP contribution < -0.4 is 10.6 Å². The van der Waals surface area contributed by atoms with E-state index in [0.717, 1.165) is 26.2 Å². The normalized spacial score (nSPS) is 40.8. The summed E-state index contributed by atoms with van der Waals surface area (Å²) < 4.78 is 5.55. The minimum atomic E-state index is 0.466. The van der Waals surface area contributed by atoms with Gasteiger partial charge >= 0.3 is 0 Å². The fourth-order valence-electron chi connectivity index (χ4n) is 1.67. The van der Waals surface area contributed by atoms with Crippen molar-refractivity contribution in [1.29, 1.82) is 0 Å². The maximum absolute atomic E-state index is 5.55. The molecule has 2 atom stereocenters. The average Bonchev–Trinajstić information content (AvgIpc) is 2.12. The fraction of sp³-hybridized carbons (Fsp3) is 1.00. The van der Waals surface area contributed by atoms with Gasteiger partial charge in [0.1, 0.15) is 0 Å². The topological polar surface area (TPSA) is 33.3 Å². The average molecular weight is 142 g/mol. The van der Waals surface area contributed by atoms with E-state index in [1.807, 2.05) is 0 Å². The Morgan fingerprint density at radius 2 is 2.30 bits per heavy atom. The van der Waals surface area contributed by atoms with Gasteiger partial charge in [-0.2, -0.15) is 0 Å². The number of piperidine rings is 1. The summed E-state index contributed by atoms with van der Waals surface area (Å²) in [4.78, 5) is 0. The zero-order chi connectivity index (χ0) is 6.81. The third kappa shape index (κ3) is 1.31.